The molecule has 1 saturated heterocycles. The van der Waals surface area contributed by atoms with Crippen molar-refractivity contribution in [3.8, 4) is 11.6 Å². The van der Waals surface area contributed by atoms with Crippen LogP contribution in [0, 0.1) is 5.82 Å². The lowest BCUT2D eigenvalue weighted by atomic mass is 10.3. The molecule has 2 aromatic rings. The first-order valence-corrected chi connectivity index (χ1v) is 8.20. The smallest absolute Gasteiger partial charge is 0.282 e. The maximum atomic E-state index is 13.1. The molecular weight excluding hydrogens is 333 g/mol. The van der Waals surface area contributed by atoms with Crippen molar-refractivity contribution in [1.29, 1.82) is 0 Å². The monoisotopic (exact) mass is 347 g/mol. The minimum absolute atomic E-state index is 0.0212. The highest BCUT2D eigenvalue weighted by molar-refractivity contribution is 8.13. The van der Waals surface area contributed by atoms with Crippen LogP contribution < -0.4 is 10.1 Å². The second-order valence-electron chi connectivity index (χ2n) is 5.03. The van der Waals surface area contributed by atoms with E-state index < -0.39 is 5.82 Å². The van der Waals surface area contributed by atoms with Crippen LogP contribution in [0.4, 0.5) is 14.9 Å². The van der Waals surface area contributed by atoms with Crippen LogP contribution in [0.5, 0.6) is 11.6 Å². The van der Waals surface area contributed by atoms with Crippen molar-refractivity contribution in [2.45, 2.75) is 0 Å². The predicted octanol–water partition coefficient (Wildman–Crippen LogP) is 3.12. The minimum atomic E-state index is -0.397. The number of aromatic nitrogens is 1. The van der Waals surface area contributed by atoms with Crippen LogP contribution in [0.2, 0.25) is 0 Å². The summed E-state index contributed by atoms with van der Waals surface area (Å²) in [5, 5.41) is 2.59. The number of hydrogen-bond donors (Lipinski definition) is 1. The number of nitrogens with zero attached hydrogens (tertiary/aromatic N) is 2. The number of pyridine rings is 1. The van der Waals surface area contributed by atoms with E-state index in [1.54, 1.807) is 18.2 Å². The second kappa shape index (κ2) is 7.31. The van der Waals surface area contributed by atoms with Gasteiger partial charge in [-0.3, -0.25) is 9.59 Å². The number of anilines is 1. The van der Waals surface area contributed by atoms with E-state index in [9.17, 15) is 14.0 Å². The molecule has 0 atom stereocenters. The number of thioether (sulfide) groups is 1. The topological polar surface area (TPSA) is 71.5 Å². The molecule has 1 aliphatic heterocycles. The molecule has 6 nitrogen and oxygen atoms in total. The number of hydrogen-bond acceptors (Lipinski definition) is 5. The summed E-state index contributed by atoms with van der Waals surface area (Å²) < 4.78 is 18.5. The number of carbonyl (C=O) groups excluding carboxylic acids is 2. The van der Waals surface area contributed by atoms with Crippen molar-refractivity contribution in [3.05, 3.63) is 48.4 Å². The SMILES string of the molecule is O=C(CN1CCSC1=O)Nc1ccc(Oc2cccc(F)c2)nc1. The number of amides is 2. The molecular formula is C16H14FN3O3S. The van der Waals surface area contributed by atoms with E-state index in [2.05, 4.69) is 10.3 Å². The first-order valence-electron chi connectivity index (χ1n) is 7.21. The fraction of sp³-hybridized carbons (Fsp3) is 0.188. The molecule has 1 aromatic heterocycles. The Morgan fingerprint density at radius 1 is 1.38 bits per heavy atom. The van der Waals surface area contributed by atoms with Crippen molar-refractivity contribution in [2.75, 3.05) is 24.2 Å². The molecule has 0 aliphatic carbocycles. The standard InChI is InChI=1S/C16H14FN3O3S/c17-11-2-1-3-13(8-11)23-15-5-4-12(9-18-15)19-14(21)10-20-6-7-24-16(20)22/h1-5,8-9H,6-7,10H2,(H,19,21). The van der Waals surface area contributed by atoms with Gasteiger partial charge >= 0.3 is 0 Å². The van der Waals surface area contributed by atoms with Gasteiger partial charge < -0.3 is 15.0 Å². The molecule has 3 rings (SSSR count). The van der Waals surface area contributed by atoms with Gasteiger partial charge in [-0.15, -0.1) is 0 Å². The van der Waals surface area contributed by atoms with Gasteiger partial charge in [0.05, 0.1) is 11.9 Å². The molecule has 0 saturated carbocycles. The molecule has 2 heterocycles. The molecule has 0 spiro atoms. The van der Waals surface area contributed by atoms with Gasteiger partial charge in [0, 0.05) is 24.4 Å². The van der Waals surface area contributed by atoms with E-state index in [1.165, 1.54) is 41.1 Å². The molecule has 8 heteroatoms. The normalized spacial score (nSPS) is 13.9. The maximum Gasteiger partial charge on any atom is 0.282 e. The third kappa shape index (κ3) is 4.23. The number of ether oxygens (including phenoxy) is 1. The molecule has 0 bridgehead atoms. The van der Waals surface area contributed by atoms with Gasteiger partial charge in [-0.25, -0.2) is 9.37 Å². The van der Waals surface area contributed by atoms with Gasteiger partial charge in [0.2, 0.25) is 11.8 Å². The first-order chi connectivity index (χ1) is 11.6. The van der Waals surface area contributed by atoms with Gasteiger partial charge in [-0.2, -0.15) is 0 Å². The third-order valence-electron chi connectivity index (χ3n) is 3.22. The van der Waals surface area contributed by atoms with Crippen molar-refractivity contribution >= 4 is 28.6 Å². The summed E-state index contributed by atoms with van der Waals surface area (Å²) in [6, 6.07) is 8.92. The Morgan fingerprint density at radius 2 is 2.25 bits per heavy atom. The summed E-state index contributed by atoms with van der Waals surface area (Å²) in [4.78, 5) is 28.9. The Hall–Kier alpha value is -2.61. The average Bonchev–Trinajstić information content (AvgIpc) is 2.94. The first kappa shape index (κ1) is 16.3. The highest BCUT2D eigenvalue weighted by Crippen LogP contribution is 2.21. The quantitative estimate of drug-likeness (QED) is 0.900. The summed E-state index contributed by atoms with van der Waals surface area (Å²) in [7, 11) is 0. The van der Waals surface area contributed by atoms with E-state index in [0.29, 0.717) is 23.7 Å². The fourth-order valence-corrected chi connectivity index (χ4v) is 2.93. The zero-order valence-corrected chi connectivity index (χ0v) is 13.4. The zero-order valence-electron chi connectivity index (χ0n) is 12.6. The lowest BCUT2D eigenvalue weighted by Gasteiger charge is -2.14. The van der Waals surface area contributed by atoms with Crippen LogP contribution in [0.15, 0.2) is 42.6 Å². The number of rotatable bonds is 5. The van der Waals surface area contributed by atoms with Crippen LogP contribution in [0.1, 0.15) is 0 Å². The molecule has 1 aliphatic rings. The maximum absolute atomic E-state index is 13.1. The van der Waals surface area contributed by atoms with Crippen LogP contribution in [0.25, 0.3) is 0 Å². The summed E-state index contributed by atoms with van der Waals surface area (Å²) >= 11 is 1.21. The molecule has 24 heavy (non-hydrogen) atoms. The largest absolute Gasteiger partial charge is 0.439 e. The number of nitrogens with one attached hydrogen (secondary N) is 1. The number of carbonyl (C=O) groups is 2. The van der Waals surface area contributed by atoms with E-state index in [4.69, 9.17) is 4.74 Å². The lowest BCUT2D eigenvalue weighted by Crippen LogP contribution is -2.33. The van der Waals surface area contributed by atoms with Gasteiger partial charge in [0.15, 0.2) is 0 Å². The van der Waals surface area contributed by atoms with Crippen molar-refractivity contribution in [3.63, 3.8) is 0 Å². The van der Waals surface area contributed by atoms with E-state index in [0.717, 1.165) is 0 Å². The Bertz CT molecular complexity index is 754. The summed E-state index contributed by atoms with van der Waals surface area (Å²) in [5.41, 5.74) is 0.492. The molecule has 0 radical (unpaired) electrons. The minimum Gasteiger partial charge on any atom is -0.439 e. The summed E-state index contributed by atoms with van der Waals surface area (Å²) in [5.74, 6) is 0.645. The molecule has 1 N–H and O–H groups in total. The van der Waals surface area contributed by atoms with Crippen LogP contribution in [0.3, 0.4) is 0 Å². The molecule has 2 amide bonds. The van der Waals surface area contributed by atoms with Gasteiger partial charge in [-0.1, -0.05) is 17.8 Å². The van der Waals surface area contributed by atoms with E-state index in [1.807, 2.05) is 0 Å². The van der Waals surface area contributed by atoms with Gasteiger partial charge in [0.1, 0.15) is 18.1 Å². The number of benzene rings is 1. The highest BCUT2D eigenvalue weighted by Gasteiger charge is 2.23. The average molecular weight is 347 g/mol. The van der Waals surface area contributed by atoms with Gasteiger partial charge in [0.25, 0.3) is 5.24 Å². The third-order valence-corrected chi connectivity index (χ3v) is 4.11. The number of halogens is 1. The van der Waals surface area contributed by atoms with Crippen LogP contribution in [-0.4, -0.2) is 39.9 Å². The zero-order chi connectivity index (χ0) is 16.9. The van der Waals surface area contributed by atoms with Crippen molar-refractivity contribution in [1.82, 2.24) is 9.88 Å². The van der Waals surface area contributed by atoms with Crippen LogP contribution in [-0.2, 0) is 4.79 Å². The Labute approximate surface area is 142 Å². The Balaban J connectivity index is 1.56. The summed E-state index contributed by atoms with van der Waals surface area (Å²) in [6.07, 6.45) is 1.44. The summed E-state index contributed by atoms with van der Waals surface area (Å²) in [6.45, 7) is 0.600. The molecule has 1 fully saturated rings. The second-order valence-corrected chi connectivity index (χ2v) is 6.07. The van der Waals surface area contributed by atoms with Crippen LogP contribution >= 0.6 is 11.8 Å². The van der Waals surface area contributed by atoms with Gasteiger partial charge in [-0.05, 0) is 18.2 Å². The van der Waals surface area contributed by atoms with E-state index in [-0.39, 0.29) is 23.6 Å². The highest BCUT2D eigenvalue weighted by atomic mass is 32.2. The molecule has 1 aromatic carbocycles. The lowest BCUT2D eigenvalue weighted by molar-refractivity contribution is -0.116. The van der Waals surface area contributed by atoms with Crippen molar-refractivity contribution in [2.24, 2.45) is 0 Å². The Kier molecular flexibility index (Phi) is 4.95. The fourth-order valence-electron chi connectivity index (χ4n) is 2.11. The molecule has 0 unspecified atom stereocenters. The Morgan fingerprint density at radius 3 is 2.92 bits per heavy atom. The molecule has 124 valence electrons. The predicted molar refractivity (Wildman–Crippen MR) is 88.8 cm³/mol. The van der Waals surface area contributed by atoms with Crippen molar-refractivity contribution < 1.29 is 18.7 Å². The van der Waals surface area contributed by atoms with E-state index >= 15 is 0 Å².